The van der Waals surface area contributed by atoms with Gasteiger partial charge in [-0.2, -0.15) is 0 Å². The molecule has 2 aromatic heterocycles. The van der Waals surface area contributed by atoms with Gasteiger partial charge in [0.05, 0.1) is 12.7 Å². The lowest BCUT2D eigenvalue weighted by Crippen LogP contribution is -2.39. The Kier molecular flexibility index (Phi) is 3.52. The van der Waals surface area contributed by atoms with Gasteiger partial charge in [-0.15, -0.1) is 0 Å². The fourth-order valence-corrected chi connectivity index (χ4v) is 2.79. The highest BCUT2D eigenvalue weighted by molar-refractivity contribution is 5.98. The van der Waals surface area contributed by atoms with E-state index in [0.717, 1.165) is 15.5 Å². The van der Waals surface area contributed by atoms with Gasteiger partial charge in [-0.3, -0.25) is 14.3 Å². The van der Waals surface area contributed by atoms with Gasteiger partial charge in [0.25, 0.3) is 5.56 Å². The normalized spacial score (nSPS) is 11.0. The van der Waals surface area contributed by atoms with Crippen molar-refractivity contribution in [1.82, 2.24) is 14.1 Å². The summed E-state index contributed by atoms with van der Waals surface area (Å²) in [4.78, 5) is 29.1. The molecule has 0 spiro atoms. The lowest BCUT2D eigenvalue weighted by atomic mass is 10.00. The van der Waals surface area contributed by atoms with Gasteiger partial charge in [0, 0.05) is 31.4 Å². The van der Waals surface area contributed by atoms with Crippen molar-refractivity contribution in [3.63, 3.8) is 0 Å². The maximum absolute atomic E-state index is 12.7. The maximum Gasteiger partial charge on any atom is 0.330 e. The number of hydrogen-bond donors (Lipinski definition) is 0. The van der Waals surface area contributed by atoms with E-state index in [-0.39, 0.29) is 11.2 Å². The predicted molar refractivity (Wildman–Crippen MR) is 89.0 cm³/mol. The Bertz CT molecular complexity index is 1030. The summed E-state index contributed by atoms with van der Waals surface area (Å²) in [7, 11) is 4.72. The fourth-order valence-electron chi connectivity index (χ4n) is 2.79. The molecule has 0 saturated carbocycles. The summed E-state index contributed by atoms with van der Waals surface area (Å²) in [5.41, 5.74) is 1.88. The van der Waals surface area contributed by atoms with Crippen LogP contribution in [-0.4, -0.2) is 21.2 Å². The average Bonchev–Trinajstić information content (AvgIpc) is 2.58. The van der Waals surface area contributed by atoms with Crippen LogP contribution in [0, 0.1) is 6.92 Å². The van der Waals surface area contributed by atoms with Crippen molar-refractivity contribution in [3.05, 3.63) is 57.0 Å². The Hall–Kier alpha value is -2.89. The molecule has 1 aromatic carbocycles. The van der Waals surface area contributed by atoms with E-state index < -0.39 is 0 Å². The van der Waals surface area contributed by atoms with Crippen LogP contribution in [0.5, 0.6) is 5.75 Å². The predicted octanol–water partition coefficient (Wildman–Crippen LogP) is 1.62. The zero-order chi connectivity index (χ0) is 16.7. The summed E-state index contributed by atoms with van der Waals surface area (Å²) in [5.74, 6) is 0.642. The number of pyridine rings is 1. The van der Waals surface area contributed by atoms with E-state index in [2.05, 4.69) is 4.98 Å². The van der Waals surface area contributed by atoms with Gasteiger partial charge in [-0.05, 0) is 30.7 Å². The van der Waals surface area contributed by atoms with Gasteiger partial charge < -0.3 is 9.30 Å². The molecule has 0 aliphatic heterocycles. The van der Waals surface area contributed by atoms with Crippen molar-refractivity contribution >= 4 is 10.9 Å². The van der Waals surface area contributed by atoms with Crippen LogP contribution in [0.15, 0.2) is 40.1 Å². The number of hydrogen-bond acceptors (Lipinski definition) is 4. The first-order valence-corrected chi connectivity index (χ1v) is 7.16. The molecule has 0 amide bonds. The molecule has 0 radical (unpaired) electrons. The Morgan fingerprint density at radius 2 is 1.83 bits per heavy atom. The summed E-state index contributed by atoms with van der Waals surface area (Å²) in [5, 5.41) is 0.811. The Morgan fingerprint density at radius 1 is 1.09 bits per heavy atom. The third kappa shape index (κ3) is 2.14. The Balaban J connectivity index is 2.49. The molecule has 118 valence electrons. The van der Waals surface area contributed by atoms with Gasteiger partial charge >= 0.3 is 5.69 Å². The molecule has 3 aromatic rings. The van der Waals surface area contributed by atoms with Crippen LogP contribution >= 0.6 is 0 Å². The van der Waals surface area contributed by atoms with Gasteiger partial charge in [0.2, 0.25) is 0 Å². The number of ether oxygens (including phenoxy) is 1. The first kappa shape index (κ1) is 15.0. The molecule has 6 nitrogen and oxygen atoms in total. The number of benzene rings is 1. The second-order valence-electron chi connectivity index (χ2n) is 5.38. The van der Waals surface area contributed by atoms with Gasteiger partial charge in [-0.1, -0.05) is 6.07 Å². The van der Waals surface area contributed by atoms with E-state index in [0.29, 0.717) is 22.5 Å². The summed E-state index contributed by atoms with van der Waals surface area (Å²) in [6, 6.07) is 7.32. The van der Waals surface area contributed by atoms with Gasteiger partial charge in [0.1, 0.15) is 11.3 Å². The summed E-state index contributed by atoms with van der Waals surface area (Å²) in [6.07, 6.45) is 1.68. The lowest BCUT2D eigenvalue weighted by molar-refractivity contribution is 0.419. The van der Waals surface area contributed by atoms with E-state index in [1.165, 1.54) is 11.6 Å². The molecule has 0 saturated heterocycles. The second-order valence-corrected chi connectivity index (χ2v) is 5.38. The third-order valence-electron chi connectivity index (χ3n) is 4.18. The first-order valence-electron chi connectivity index (χ1n) is 7.16. The Labute approximate surface area is 132 Å². The molecule has 23 heavy (non-hydrogen) atoms. The lowest BCUT2D eigenvalue weighted by Gasteiger charge is -2.14. The minimum Gasteiger partial charge on any atom is -0.494 e. The highest BCUT2D eigenvalue weighted by Crippen LogP contribution is 2.32. The van der Waals surface area contributed by atoms with Crippen LogP contribution < -0.4 is 16.0 Å². The third-order valence-corrected chi connectivity index (χ3v) is 4.18. The van der Waals surface area contributed by atoms with Gasteiger partial charge in [-0.25, -0.2) is 4.79 Å². The SMILES string of the molecule is COc1ccc(-c2c(C)n(C)c(=O)n(C)c2=O)c2cccnc12. The van der Waals surface area contributed by atoms with Crippen molar-refractivity contribution < 1.29 is 4.74 Å². The molecule has 0 atom stereocenters. The summed E-state index contributed by atoms with van der Waals surface area (Å²) >= 11 is 0. The topological polar surface area (TPSA) is 66.1 Å². The maximum atomic E-state index is 12.7. The number of fused-ring (bicyclic) bond motifs is 1. The fraction of sp³-hybridized carbons (Fsp3) is 0.235. The van der Waals surface area contributed by atoms with E-state index in [4.69, 9.17) is 4.74 Å². The standard InChI is InChI=1S/C17H17N3O3/c1-10-14(16(21)20(3)17(22)19(10)2)11-7-8-13(23-4)15-12(11)6-5-9-18-15/h5-9H,1-4H3. The van der Waals surface area contributed by atoms with Crippen LogP contribution in [0.2, 0.25) is 0 Å². The highest BCUT2D eigenvalue weighted by Gasteiger charge is 2.17. The van der Waals surface area contributed by atoms with Crippen LogP contribution in [0.4, 0.5) is 0 Å². The highest BCUT2D eigenvalue weighted by atomic mass is 16.5. The van der Waals surface area contributed by atoms with Crippen LogP contribution in [0.25, 0.3) is 22.0 Å². The molecule has 0 fully saturated rings. The smallest absolute Gasteiger partial charge is 0.330 e. The minimum atomic E-state index is -0.341. The molecule has 0 bridgehead atoms. The van der Waals surface area contributed by atoms with E-state index in [1.807, 2.05) is 18.2 Å². The molecule has 2 heterocycles. The van der Waals surface area contributed by atoms with E-state index in [1.54, 1.807) is 33.3 Å². The number of nitrogens with zero attached hydrogens (tertiary/aromatic N) is 3. The van der Waals surface area contributed by atoms with Gasteiger partial charge in [0.15, 0.2) is 0 Å². The van der Waals surface area contributed by atoms with Crippen molar-refractivity contribution in [2.45, 2.75) is 6.92 Å². The molecule has 0 aliphatic carbocycles. The van der Waals surface area contributed by atoms with Crippen molar-refractivity contribution in [2.75, 3.05) is 7.11 Å². The number of rotatable bonds is 2. The van der Waals surface area contributed by atoms with Crippen LogP contribution in [0.1, 0.15) is 5.69 Å². The van der Waals surface area contributed by atoms with Crippen LogP contribution in [0.3, 0.4) is 0 Å². The molecule has 3 rings (SSSR count). The number of methoxy groups -OCH3 is 1. The molecule has 6 heteroatoms. The molecule has 0 aliphatic rings. The summed E-state index contributed by atoms with van der Waals surface area (Å²) < 4.78 is 7.94. The van der Waals surface area contributed by atoms with Crippen molar-refractivity contribution in [2.24, 2.45) is 14.1 Å². The zero-order valence-corrected chi connectivity index (χ0v) is 13.5. The molecular formula is C17H17N3O3. The zero-order valence-electron chi connectivity index (χ0n) is 13.5. The van der Waals surface area contributed by atoms with Crippen molar-refractivity contribution in [3.8, 4) is 16.9 Å². The molecule has 0 unspecified atom stereocenters. The quantitative estimate of drug-likeness (QED) is 0.721. The first-order chi connectivity index (χ1) is 11.0. The minimum absolute atomic E-state index is 0.319. The van der Waals surface area contributed by atoms with Crippen molar-refractivity contribution in [1.29, 1.82) is 0 Å². The van der Waals surface area contributed by atoms with Crippen LogP contribution in [-0.2, 0) is 14.1 Å². The molecule has 0 N–H and O–H groups in total. The van der Waals surface area contributed by atoms with E-state index in [9.17, 15) is 9.59 Å². The van der Waals surface area contributed by atoms with E-state index >= 15 is 0 Å². The largest absolute Gasteiger partial charge is 0.494 e. The second kappa shape index (κ2) is 5.39. The summed E-state index contributed by atoms with van der Waals surface area (Å²) in [6.45, 7) is 1.77. The average molecular weight is 311 g/mol. The monoisotopic (exact) mass is 311 g/mol. The molecular weight excluding hydrogens is 294 g/mol. The Morgan fingerprint density at radius 3 is 2.52 bits per heavy atom. The number of aromatic nitrogens is 3.